The molecular weight excluding hydrogens is 430 g/mol. The van der Waals surface area contributed by atoms with Crippen molar-refractivity contribution in [3.05, 3.63) is 48.5 Å². The van der Waals surface area contributed by atoms with Crippen LogP contribution >= 0.6 is 0 Å². The number of rotatable bonds is 6. The Morgan fingerprint density at radius 2 is 1.97 bits per heavy atom. The number of carbonyl (C=O) groups excluding carboxylic acids is 1. The van der Waals surface area contributed by atoms with E-state index in [9.17, 15) is 4.79 Å². The van der Waals surface area contributed by atoms with E-state index < -0.39 is 0 Å². The molecule has 9 heteroatoms. The number of fused-ring (bicyclic) bond motifs is 2. The Hall–Kier alpha value is -3.46. The van der Waals surface area contributed by atoms with Crippen molar-refractivity contribution in [3.63, 3.8) is 0 Å². The lowest BCUT2D eigenvalue weighted by molar-refractivity contribution is 0.102. The second-order valence-corrected chi connectivity index (χ2v) is 9.66. The number of anilines is 1. The van der Waals surface area contributed by atoms with Gasteiger partial charge < -0.3 is 15.0 Å². The monoisotopic (exact) mass is 459 g/mol. The standard InChI is InChI=1S/C25H29N7O2/c1-30(2)17-4-6-18(7-5-17)32-15-16-12-20(23(13-21(16)29-32)34-19-8-9-19)25(33)28-22-14-27-31-11-3-10-26-24(22)31/h3,10-15,17-19H,4-9H2,1-2H3,(H,28,33)/t17-,18+. The van der Waals surface area contributed by atoms with Crippen molar-refractivity contribution in [3.8, 4) is 5.75 Å². The molecule has 0 aliphatic heterocycles. The van der Waals surface area contributed by atoms with Crippen LogP contribution in [0.2, 0.25) is 0 Å². The molecule has 0 atom stereocenters. The van der Waals surface area contributed by atoms with Crippen molar-refractivity contribution in [2.24, 2.45) is 0 Å². The zero-order valence-electron chi connectivity index (χ0n) is 19.5. The highest BCUT2D eigenvalue weighted by Crippen LogP contribution is 2.35. The van der Waals surface area contributed by atoms with Crippen molar-refractivity contribution in [1.29, 1.82) is 0 Å². The number of carbonyl (C=O) groups is 1. The SMILES string of the molecule is CN(C)[C@H]1CC[C@@H](n2cc3cc(C(=O)Nc4cnn5cccnc45)c(OC4CC4)cc3n2)CC1. The fourth-order valence-corrected chi connectivity index (χ4v) is 4.84. The fraction of sp³-hybridized carbons (Fsp3) is 0.440. The molecule has 0 radical (unpaired) electrons. The minimum Gasteiger partial charge on any atom is -0.490 e. The highest BCUT2D eigenvalue weighted by atomic mass is 16.5. The molecule has 2 aliphatic carbocycles. The molecule has 2 aliphatic rings. The number of nitrogens with one attached hydrogen (secondary N) is 1. The first-order valence-electron chi connectivity index (χ1n) is 12.0. The van der Waals surface area contributed by atoms with E-state index in [1.165, 1.54) is 12.8 Å². The second-order valence-electron chi connectivity index (χ2n) is 9.66. The third kappa shape index (κ3) is 4.00. The zero-order valence-corrected chi connectivity index (χ0v) is 19.5. The predicted molar refractivity (Wildman–Crippen MR) is 129 cm³/mol. The average molecular weight is 460 g/mol. The summed E-state index contributed by atoms with van der Waals surface area (Å²) in [6.45, 7) is 0. The number of ether oxygens (including phenoxy) is 1. The minimum atomic E-state index is -0.239. The number of hydrogen-bond donors (Lipinski definition) is 1. The molecule has 1 aromatic carbocycles. The van der Waals surface area contributed by atoms with Crippen LogP contribution in [-0.4, -0.2) is 61.4 Å². The van der Waals surface area contributed by atoms with Crippen molar-refractivity contribution >= 4 is 28.1 Å². The summed E-state index contributed by atoms with van der Waals surface area (Å²) in [6, 6.07) is 6.64. The van der Waals surface area contributed by atoms with Crippen LogP contribution in [0.1, 0.15) is 54.9 Å². The largest absolute Gasteiger partial charge is 0.490 e. The highest BCUT2D eigenvalue weighted by Gasteiger charge is 2.28. The van der Waals surface area contributed by atoms with Gasteiger partial charge >= 0.3 is 0 Å². The maximum absolute atomic E-state index is 13.3. The Labute approximate surface area is 197 Å². The molecule has 0 saturated heterocycles. The summed E-state index contributed by atoms with van der Waals surface area (Å²) in [5.41, 5.74) is 2.53. The van der Waals surface area contributed by atoms with Crippen molar-refractivity contribution in [2.75, 3.05) is 19.4 Å². The number of amides is 1. The molecule has 1 amide bonds. The lowest BCUT2D eigenvalue weighted by atomic mass is 9.91. The van der Waals surface area contributed by atoms with E-state index in [0.29, 0.717) is 34.7 Å². The van der Waals surface area contributed by atoms with E-state index in [0.717, 1.165) is 36.6 Å². The summed E-state index contributed by atoms with van der Waals surface area (Å²) >= 11 is 0. The highest BCUT2D eigenvalue weighted by molar-refractivity contribution is 6.09. The Bertz CT molecular complexity index is 1350. The maximum Gasteiger partial charge on any atom is 0.259 e. The lowest BCUT2D eigenvalue weighted by Crippen LogP contribution is -2.32. The summed E-state index contributed by atoms with van der Waals surface area (Å²) in [5, 5.41) is 13.1. The molecule has 0 unspecified atom stereocenters. The molecule has 0 spiro atoms. The summed E-state index contributed by atoms with van der Waals surface area (Å²) in [7, 11) is 4.31. The van der Waals surface area contributed by atoms with Crippen LogP contribution in [0.4, 0.5) is 5.69 Å². The van der Waals surface area contributed by atoms with Gasteiger partial charge in [0, 0.05) is 36.1 Å². The molecule has 0 bridgehead atoms. The van der Waals surface area contributed by atoms with Gasteiger partial charge in [0.25, 0.3) is 5.91 Å². The van der Waals surface area contributed by atoms with Gasteiger partial charge in [-0.05, 0) is 64.8 Å². The molecule has 1 N–H and O–H groups in total. The summed E-state index contributed by atoms with van der Waals surface area (Å²) in [4.78, 5) is 20.0. The molecule has 6 rings (SSSR count). The maximum atomic E-state index is 13.3. The van der Waals surface area contributed by atoms with E-state index in [1.807, 2.05) is 12.1 Å². The lowest BCUT2D eigenvalue weighted by Gasteiger charge is -2.32. The predicted octanol–water partition coefficient (Wildman–Crippen LogP) is 3.92. The van der Waals surface area contributed by atoms with E-state index in [2.05, 4.69) is 45.3 Å². The van der Waals surface area contributed by atoms with Crippen LogP contribution in [0.15, 0.2) is 43.0 Å². The topological polar surface area (TPSA) is 89.6 Å². The van der Waals surface area contributed by atoms with Crippen molar-refractivity contribution in [2.45, 2.75) is 56.7 Å². The quantitative estimate of drug-likeness (QED) is 0.470. The summed E-state index contributed by atoms with van der Waals surface area (Å²) in [5.74, 6) is 0.343. The van der Waals surface area contributed by atoms with Gasteiger partial charge in [0.1, 0.15) is 11.4 Å². The molecule has 2 saturated carbocycles. The Kier molecular flexibility index (Phi) is 5.21. The van der Waals surface area contributed by atoms with E-state index in [1.54, 1.807) is 29.2 Å². The van der Waals surface area contributed by atoms with E-state index in [-0.39, 0.29) is 12.0 Å². The van der Waals surface area contributed by atoms with Gasteiger partial charge in [0.15, 0.2) is 5.65 Å². The molecule has 9 nitrogen and oxygen atoms in total. The van der Waals surface area contributed by atoms with Gasteiger partial charge in [-0.25, -0.2) is 9.50 Å². The van der Waals surface area contributed by atoms with Crippen LogP contribution in [-0.2, 0) is 0 Å². The smallest absolute Gasteiger partial charge is 0.259 e. The number of nitrogens with zero attached hydrogens (tertiary/aromatic N) is 6. The Balaban J connectivity index is 1.30. The minimum absolute atomic E-state index is 0.172. The summed E-state index contributed by atoms with van der Waals surface area (Å²) < 4.78 is 9.86. The molecule has 176 valence electrons. The van der Waals surface area contributed by atoms with Crippen LogP contribution < -0.4 is 10.1 Å². The van der Waals surface area contributed by atoms with Gasteiger partial charge in [0.05, 0.1) is 29.4 Å². The number of hydrogen-bond acceptors (Lipinski definition) is 6. The fourth-order valence-electron chi connectivity index (χ4n) is 4.84. The number of benzene rings is 1. The Morgan fingerprint density at radius 3 is 2.74 bits per heavy atom. The second kappa shape index (κ2) is 8.39. The van der Waals surface area contributed by atoms with E-state index in [4.69, 9.17) is 9.84 Å². The third-order valence-corrected chi connectivity index (χ3v) is 6.98. The zero-order chi connectivity index (χ0) is 23.2. The average Bonchev–Trinajstić information content (AvgIpc) is 3.42. The normalized spacial score (nSPS) is 20.8. The van der Waals surface area contributed by atoms with Gasteiger partial charge in [-0.15, -0.1) is 0 Å². The molecule has 2 fully saturated rings. The van der Waals surface area contributed by atoms with Gasteiger partial charge in [-0.3, -0.25) is 9.48 Å². The Morgan fingerprint density at radius 1 is 1.15 bits per heavy atom. The first-order valence-corrected chi connectivity index (χ1v) is 12.0. The van der Waals surface area contributed by atoms with Crippen LogP contribution in [0, 0.1) is 0 Å². The van der Waals surface area contributed by atoms with Gasteiger partial charge in [-0.1, -0.05) is 0 Å². The van der Waals surface area contributed by atoms with Crippen LogP contribution in [0.5, 0.6) is 5.75 Å². The van der Waals surface area contributed by atoms with Crippen LogP contribution in [0.25, 0.3) is 16.6 Å². The number of aromatic nitrogens is 5. The van der Waals surface area contributed by atoms with Gasteiger partial charge in [-0.2, -0.15) is 10.2 Å². The molecule has 4 aromatic rings. The first kappa shape index (κ1) is 21.1. The first-order chi connectivity index (χ1) is 16.5. The van der Waals surface area contributed by atoms with Gasteiger partial charge in [0.2, 0.25) is 0 Å². The molecule has 3 aromatic heterocycles. The van der Waals surface area contributed by atoms with Crippen LogP contribution in [0.3, 0.4) is 0 Å². The molecular formula is C25H29N7O2. The summed E-state index contributed by atoms with van der Waals surface area (Å²) in [6.07, 6.45) is 13.9. The van der Waals surface area contributed by atoms with E-state index >= 15 is 0 Å². The van der Waals surface area contributed by atoms with Crippen molar-refractivity contribution in [1.82, 2.24) is 29.3 Å². The molecule has 3 heterocycles. The molecule has 34 heavy (non-hydrogen) atoms. The third-order valence-electron chi connectivity index (χ3n) is 6.98. The van der Waals surface area contributed by atoms with Crippen molar-refractivity contribution < 1.29 is 9.53 Å².